The molecule has 2 aromatic rings. The minimum absolute atomic E-state index is 0.347. The Morgan fingerprint density at radius 2 is 2.16 bits per heavy atom. The largest absolute Gasteiger partial charge is 0.444 e. The summed E-state index contributed by atoms with van der Waals surface area (Å²) in [4.78, 5) is 15.6. The number of nitrogens with zero attached hydrogens (tertiary/aromatic N) is 1. The Morgan fingerprint density at radius 3 is 2.74 bits per heavy atom. The fourth-order valence-electron chi connectivity index (χ4n) is 1.71. The highest BCUT2D eigenvalue weighted by Crippen LogP contribution is 2.19. The van der Waals surface area contributed by atoms with Crippen LogP contribution in [0, 0.1) is 13.8 Å². The summed E-state index contributed by atoms with van der Waals surface area (Å²) in [5.74, 6) is 0.807. The van der Waals surface area contributed by atoms with Crippen molar-refractivity contribution in [3.63, 3.8) is 0 Å². The van der Waals surface area contributed by atoms with Gasteiger partial charge in [0, 0.05) is 11.4 Å². The predicted octanol–water partition coefficient (Wildman–Crippen LogP) is 1.58. The van der Waals surface area contributed by atoms with Gasteiger partial charge >= 0.3 is 0 Å². The van der Waals surface area contributed by atoms with Crippen LogP contribution < -0.4 is 16.8 Å². The number of aryl methyl sites for hydroxylation is 2. The highest BCUT2D eigenvalue weighted by Gasteiger charge is 2.10. The van der Waals surface area contributed by atoms with Crippen LogP contribution in [0.3, 0.4) is 0 Å². The van der Waals surface area contributed by atoms with E-state index in [2.05, 4.69) is 10.3 Å². The van der Waals surface area contributed by atoms with Gasteiger partial charge in [-0.2, -0.15) is 0 Å². The number of benzene rings is 1. The van der Waals surface area contributed by atoms with E-state index >= 15 is 0 Å². The zero-order chi connectivity index (χ0) is 14.0. The van der Waals surface area contributed by atoms with Gasteiger partial charge in [0.05, 0.1) is 17.8 Å². The van der Waals surface area contributed by atoms with Gasteiger partial charge in [0.25, 0.3) is 5.91 Å². The number of nitrogens with two attached hydrogens (primary N) is 2. The van der Waals surface area contributed by atoms with Crippen LogP contribution >= 0.6 is 0 Å². The van der Waals surface area contributed by atoms with Crippen LogP contribution in [0.1, 0.15) is 27.7 Å². The summed E-state index contributed by atoms with van der Waals surface area (Å²) in [5.41, 5.74) is 13.2. The van der Waals surface area contributed by atoms with Crippen molar-refractivity contribution in [2.75, 3.05) is 11.1 Å². The topological polar surface area (TPSA) is 107 Å². The number of hydrogen-bond acceptors (Lipinski definition) is 5. The van der Waals surface area contributed by atoms with Crippen molar-refractivity contribution in [1.82, 2.24) is 4.98 Å². The van der Waals surface area contributed by atoms with Crippen LogP contribution in [0.15, 0.2) is 22.6 Å². The first-order valence-corrected chi connectivity index (χ1v) is 5.83. The lowest BCUT2D eigenvalue weighted by Crippen LogP contribution is -2.15. The molecule has 5 N–H and O–H groups in total. The van der Waals surface area contributed by atoms with Gasteiger partial charge in [0.15, 0.2) is 0 Å². The first-order valence-electron chi connectivity index (χ1n) is 5.83. The number of nitrogen functional groups attached to an aromatic ring is 1. The van der Waals surface area contributed by atoms with Gasteiger partial charge in [-0.05, 0) is 32.0 Å². The van der Waals surface area contributed by atoms with E-state index in [-0.39, 0.29) is 0 Å². The average molecular weight is 260 g/mol. The monoisotopic (exact) mass is 260 g/mol. The van der Waals surface area contributed by atoms with Crippen molar-refractivity contribution in [3.05, 3.63) is 41.1 Å². The molecule has 6 heteroatoms. The third kappa shape index (κ3) is 2.85. The fourth-order valence-corrected chi connectivity index (χ4v) is 1.71. The smallest absolute Gasteiger partial charge is 0.250 e. The van der Waals surface area contributed by atoms with Gasteiger partial charge in [0.2, 0.25) is 5.89 Å². The first-order chi connectivity index (χ1) is 8.97. The van der Waals surface area contributed by atoms with E-state index in [0.29, 0.717) is 29.4 Å². The molecule has 1 heterocycles. The fraction of sp³-hybridized carbons (Fsp3) is 0.231. The Bertz CT molecular complexity index is 600. The molecule has 0 fully saturated rings. The molecule has 1 amide bonds. The molecular formula is C13H16N4O2. The summed E-state index contributed by atoms with van der Waals surface area (Å²) in [6.07, 6.45) is 0. The summed E-state index contributed by atoms with van der Waals surface area (Å²) < 4.78 is 5.45. The maximum Gasteiger partial charge on any atom is 0.250 e. The highest BCUT2D eigenvalue weighted by atomic mass is 16.4. The van der Waals surface area contributed by atoms with Gasteiger partial charge in [-0.25, -0.2) is 4.98 Å². The number of rotatable bonds is 4. The van der Waals surface area contributed by atoms with Gasteiger partial charge in [-0.15, -0.1) is 0 Å². The standard InChI is InChI=1S/C13H16N4O2/c1-7-8(2)19-12(17-7)6-16-11-4-3-9(14)5-10(11)13(15)18/h3-5,16H,6,14H2,1-2H3,(H2,15,18). The minimum Gasteiger partial charge on any atom is -0.444 e. The maximum atomic E-state index is 11.3. The normalized spacial score (nSPS) is 10.4. The van der Waals surface area contributed by atoms with E-state index in [0.717, 1.165) is 11.5 Å². The molecule has 100 valence electrons. The highest BCUT2D eigenvalue weighted by molar-refractivity contribution is 5.99. The number of hydrogen-bond donors (Lipinski definition) is 3. The first kappa shape index (κ1) is 12.9. The Labute approximate surface area is 110 Å². The quantitative estimate of drug-likeness (QED) is 0.723. The molecule has 0 radical (unpaired) electrons. The third-order valence-electron chi connectivity index (χ3n) is 2.81. The Kier molecular flexibility index (Phi) is 3.41. The molecule has 6 nitrogen and oxygen atoms in total. The number of nitrogens with one attached hydrogen (secondary N) is 1. The lowest BCUT2D eigenvalue weighted by atomic mass is 10.1. The van der Waals surface area contributed by atoms with E-state index in [1.54, 1.807) is 12.1 Å². The lowest BCUT2D eigenvalue weighted by Gasteiger charge is -2.09. The van der Waals surface area contributed by atoms with Gasteiger partial charge in [0.1, 0.15) is 5.76 Å². The van der Waals surface area contributed by atoms with Crippen molar-refractivity contribution in [2.45, 2.75) is 20.4 Å². The second-order valence-electron chi connectivity index (χ2n) is 4.27. The van der Waals surface area contributed by atoms with E-state index in [9.17, 15) is 4.79 Å². The molecule has 0 saturated carbocycles. The molecule has 0 saturated heterocycles. The Balaban J connectivity index is 2.17. The molecule has 1 aromatic carbocycles. The molecule has 0 atom stereocenters. The average Bonchev–Trinajstić information content (AvgIpc) is 2.67. The molecule has 2 rings (SSSR count). The summed E-state index contributed by atoms with van der Waals surface area (Å²) in [5, 5.41) is 3.07. The molecular weight excluding hydrogens is 244 g/mol. The number of anilines is 2. The van der Waals surface area contributed by atoms with Crippen LogP contribution in [0.5, 0.6) is 0 Å². The number of carbonyl (C=O) groups excluding carboxylic acids is 1. The zero-order valence-corrected chi connectivity index (χ0v) is 10.9. The van der Waals surface area contributed by atoms with Gasteiger partial charge < -0.3 is 21.2 Å². The molecule has 0 unspecified atom stereocenters. The van der Waals surface area contributed by atoms with Crippen LogP contribution in [0.25, 0.3) is 0 Å². The number of oxazole rings is 1. The zero-order valence-electron chi connectivity index (χ0n) is 10.9. The minimum atomic E-state index is -0.533. The van der Waals surface area contributed by atoms with Crippen LogP contribution in [0.4, 0.5) is 11.4 Å². The summed E-state index contributed by atoms with van der Waals surface area (Å²) >= 11 is 0. The van der Waals surface area contributed by atoms with E-state index < -0.39 is 5.91 Å². The lowest BCUT2D eigenvalue weighted by molar-refractivity contribution is 0.100. The molecule has 1 aromatic heterocycles. The number of carbonyl (C=O) groups is 1. The second-order valence-corrected chi connectivity index (χ2v) is 4.27. The number of amides is 1. The summed E-state index contributed by atoms with van der Waals surface area (Å²) in [7, 11) is 0. The Morgan fingerprint density at radius 1 is 1.42 bits per heavy atom. The van der Waals surface area contributed by atoms with Crippen molar-refractivity contribution in [1.29, 1.82) is 0 Å². The molecule has 19 heavy (non-hydrogen) atoms. The van der Waals surface area contributed by atoms with Crippen LogP contribution in [0.2, 0.25) is 0 Å². The maximum absolute atomic E-state index is 11.3. The number of primary amides is 1. The molecule has 0 aliphatic heterocycles. The number of aromatic nitrogens is 1. The second kappa shape index (κ2) is 5.01. The Hall–Kier alpha value is -2.50. The van der Waals surface area contributed by atoms with E-state index in [1.807, 2.05) is 13.8 Å². The van der Waals surface area contributed by atoms with E-state index in [1.165, 1.54) is 6.07 Å². The van der Waals surface area contributed by atoms with Crippen molar-refractivity contribution < 1.29 is 9.21 Å². The van der Waals surface area contributed by atoms with Crippen LogP contribution in [-0.4, -0.2) is 10.9 Å². The molecule has 0 aliphatic carbocycles. The third-order valence-corrected chi connectivity index (χ3v) is 2.81. The van der Waals surface area contributed by atoms with Gasteiger partial charge in [-0.1, -0.05) is 0 Å². The SMILES string of the molecule is Cc1nc(CNc2ccc(N)cc2C(N)=O)oc1C. The summed E-state index contributed by atoms with van der Waals surface area (Å²) in [6, 6.07) is 4.94. The summed E-state index contributed by atoms with van der Waals surface area (Å²) in [6.45, 7) is 4.10. The predicted molar refractivity (Wildman–Crippen MR) is 72.7 cm³/mol. The van der Waals surface area contributed by atoms with Crippen molar-refractivity contribution in [3.8, 4) is 0 Å². The molecule has 0 aliphatic rings. The molecule has 0 bridgehead atoms. The van der Waals surface area contributed by atoms with Crippen LogP contribution in [-0.2, 0) is 6.54 Å². The van der Waals surface area contributed by atoms with E-state index in [4.69, 9.17) is 15.9 Å². The van der Waals surface area contributed by atoms with Gasteiger partial charge in [-0.3, -0.25) is 4.79 Å². The van der Waals surface area contributed by atoms with Crippen molar-refractivity contribution >= 4 is 17.3 Å². The molecule has 0 spiro atoms. The van der Waals surface area contributed by atoms with Crippen molar-refractivity contribution in [2.24, 2.45) is 5.73 Å².